The highest BCUT2D eigenvalue weighted by molar-refractivity contribution is 8.77. The molecule has 450 valence electrons. The number of unbranched alkanes of at least 4 members (excludes halogenated alkanes) is 1. The lowest BCUT2D eigenvalue weighted by Crippen LogP contribution is -2.48. The fourth-order valence-electron chi connectivity index (χ4n) is 7.83. The number of fused-ring (bicyclic) bond motifs is 1. The molecule has 5 heterocycles. The average molecular weight is 1230 g/mol. The molecule has 4 aromatic rings. The summed E-state index contributed by atoms with van der Waals surface area (Å²) in [6, 6.07) is 5.04. The van der Waals surface area contributed by atoms with Crippen molar-refractivity contribution in [2.45, 2.75) is 139 Å². The van der Waals surface area contributed by atoms with Gasteiger partial charge in [0.25, 0.3) is 0 Å². The lowest BCUT2D eigenvalue weighted by Gasteiger charge is -2.26. The van der Waals surface area contributed by atoms with Crippen LogP contribution in [-0.2, 0) is 62.6 Å². The molecule has 3 amide bonds. The molecular formula is C45H64N14O19P2S2. The third-order valence-corrected chi connectivity index (χ3v) is 16.3. The van der Waals surface area contributed by atoms with Crippen molar-refractivity contribution in [2.75, 3.05) is 37.0 Å². The normalized spacial score (nSPS) is 21.6. The zero-order valence-corrected chi connectivity index (χ0v) is 48.4. The van der Waals surface area contributed by atoms with Crippen LogP contribution in [0.2, 0.25) is 0 Å². The number of aliphatic hydroxyl groups excluding tert-OH is 1. The average Bonchev–Trinajstić information content (AvgIpc) is 4.27. The second-order valence-electron chi connectivity index (χ2n) is 20.2. The first-order valence-electron chi connectivity index (χ1n) is 25.0. The molecule has 0 saturated carbocycles. The van der Waals surface area contributed by atoms with Gasteiger partial charge in [-0.1, -0.05) is 71.7 Å². The number of aliphatic hydroxyl groups is 1. The molecule has 0 bridgehead atoms. The first-order valence-corrected chi connectivity index (χ1v) is 30.3. The molecule has 33 nitrogen and oxygen atoms in total. The quantitative estimate of drug-likeness (QED) is 0.00629. The number of azide groups is 1. The number of carbonyl (C=O) groups is 4. The molecule has 6 rings (SSSR count). The van der Waals surface area contributed by atoms with Crippen molar-refractivity contribution in [3.63, 3.8) is 0 Å². The van der Waals surface area contributed by atoms with Gasteiger partial charge in [-0.25, -0.2) is 43.3 Å². The Morgan fingerprint density at radius 3 is 2.32 bits per heavy atom. The molecule has 2 aliphatic rings. The number of phosphoric ester groups is 2. The van der Waals surface area contributed by atoms with Gasteiger partial charge in [-0.3, -0.25) is 27.5 Å². The Hall–Kier alpha value is -6.16. The number of anilines is 2. The van der Waals surface area contributed by atoms with Crippen LogP contribution in [0.15, 0.2) is 59.1 Å². The largest absolute Gasteiger partial charge is 0.472 e. The number of hydrogen-bond donors (Lipinski definition) is 9. The van der Waals surface area contributed by atoms with E-state index in [0.717, 1.165) is 10.9 Å². The van der Waals surface area contributed by atoms with Gasteiger partial charge in [0.15, 0.2) is 23.8 Å². The summed E-state index contributed by atoms with van der Waals surface area (Å²) >= 11 is 0. The smallest absolute Gasteiger partial charge is 0.455 e. The number of nitrogens with two attached hydrogens (primary N) is 2. The van der Waals surface area contributed by atoms with Crippen LogP contribution >= 0.6 is 37.2 Å². The summed E-state index contributed by atoms with van der Waals surface area (Å²) < 4.78 is 71.3. The fraction of sp³-hybridized carbons (Fsp3) is 0.578. The second kappa shape index (κ2) is 28.4. The molecule has 0 radical (unpaired) electrons. The van der Waals surface area contributed by atoms with Crippen LogP contribution in [0.1, 0.15) is 85.2 Å². The van der Waals surface area contributed by atoms with Gasteiger partial charge in [-0.2, -0.15) is 4.98 Å². The molecule has 0 aliphatic carbocycles. The molecule has 2 fully saturated rings. The number of phosphoric acid groups is 2. The van der Waals surface area contributed by atoms with Crippen molar-refractivity contribution >= 4 is 89.8 Å². The predicted molar refractivity (Wildman–Crippen MR) is 292 cm³/mol. The van der Waals surface area contributed by atoms with E-state index in [1.807, 2.05) is 20.8 Å². The number of hydrogen-bond acceptors (Lipinski definition) is 25. The number of esters is 1. The number of imidazole rings is 1. The molecular weight excluding hydrogens is 1170 g/mol. The van der Waals surface area contributed by atoms with E-state index in [9.17, 15) is 52.9 Å². The summed E-state index contributed by atoms with van der Waals surface area (Å²) in [5.74, 6) is -1.70. The van der Waals surface area contributed by atoms with Crippen molar-refractivity contribution in [1.29, 1.82) is 0 Å². The van der Waals surface area contributed by atoms with Crippen LogP contribution in [0.25, 0.3) is 21.6 Å². The van der Waals surface area contributed by atoms with Crippen molar-refractivity contribution in [2.24, 2.45) is 5.11 Å². The van der Waals surface area contributed by atoms with Crippen molar-refractivity contribution in [3.8, 4) is 0 Å². The predicted octanol–water partition coefficient (Wildman–Crippen LogP) is 3.91. The third-order valence-electron chi connectivity index (χ3n) is 11.5. The van der Waals surface area contributed by atoms with Gasteiger partial charge in [0.1, 0.15) is 72.6 Å². The minimum Gasteiger partial charge on any atom is -0.455 e. The first-order chi connectivity index (χ1) is 38.5. The van der Waals surface area contributed by atoms with Crippen LogP contribution in [0.3, 0.4) is 0 Å². The summed E-state index contributed by atoms with van der Waals surface area (Å²) in [6.45, 7) is 8.74. The standard InChI is InChI=1S/C45H64N14O19P2S2/c1-44(2,3)77-43(65)53-26(9-7-8-15-49-38(61)27(21-81-82-45(4,5)6)54-42(64)71-18-24-10-12-25(13-11-24)56-57-48)40(62)76-35-30(75-39(34(35)60)59-23-52-33-36(47)50-22-51-37(33)59)20-73-80(69,70)78-28-17-32(58-16-14-31(46)55-41(58)63)74-29(28)19-72-79(66,67)68/h10-14,16,22-23,26-30,32,34-35,39,60H,7-9,15,17-21H2,1-6H3,(H,49,61)(H,53,65)(H,54,64)(H,69,70)(H2,46,55,63)(H2,47,50,51)(H2,66,67,68)/t26-,27-,28-,29+,30+,32+,34+,35+,39+/m0/s1. The van der Waals surface area contributed by atoms with Gasteiger partial charge in [0.2, 0.25) is 5.91 Å². The lowest BCUT2D eigenvalue weighted by molar-refractivity contribution is -0.159. The summed E-state index contributed by atoms with van der Waals surface area (Å²) in [6.07, 6.45) is -9.60. The highest BCUT2D eigenvalue weighted by atomic mass is 33.1. The number of benzene rings is 1. The molecule has 1 aromatic carbocycles. The molecule has 2 saturated heterocycles. The van der Waals surface area contributed by atoms with Gasteiger partial charge >= 0.3 is 39.5 Å². The molecule has 11 N–H and O–H groups in total. The Morgan fingerprint density at radius 2 is 1.65 bits per heavy atom. The summed E-state index contributed by atoms with van der Waals surface area (Å²) in [5, 5.41) is 23.3. The maximum atomic E-state index is 14.3. The maximum absolute atomic E-state index is 14.3. The SMILES string of the molecule is CC(C)(C)OC(=O)N[C@@H](CCCCNC(=O)[C@H](CSSC(C)(C)C)NC(=O)OCc1ccc(N=[N+]=[N-])cc1)C(=O)O[C@H]1[C@@H](O)[C@H](n2cnc3c(N)ncnc32)O[C@@H]1COP(=O)(O)O[C@H]1C[C@H](n2ccc(N)nc2=O)O[C@@H]1COP(=O)(O)O. The fourth-order valence-corrected chi connectivity index (χ4v) is 11.6. The van der Waals surface area contributed by atoms with E-state index in [-0.39, 0.29) is 65.7 Å². The minimum absolute atomic E-state index is 0.0313. The van der Waals surface area contributed by atoms with Crippen LogP contribution < -0.4 is 33.1 Å². The van der Waals surface area contributed by atoms with Crippen molar-refractivity contribution < 1.29 is 85.4 Å². The van der Waals surface area contributed by atoms with Crippen LogP contribution in [0, 0.1) is 0 Å². The number of nitrogen functional groups attached to an aromatic ring is 2. The van der Waals surface area contributed by atoms with Gasteiger partial charge in [-0.05, 0) is 57.2 Å². The van der Waals surface area contributed by atoms with E-state index in [0.29, 0.717) is 11.3 Å². The highest BCUT2D eigenvalue weighted by Crippen LogP contribution is 2.50. The van der Waals surface area contributed by atoms with Gasteiger partial charge in [0.05, 0.1) is 19.5 Å². The summed E-state index contributed by atoms with van der Waals surface area (Å²) in [7, 11) is -7.60. The first kappa shape index (κ1) is 65.0. The zero-order valence-electron chi connectivity index (χ0n) is 45.0. The van der Waals surface area contributed by atoms with Crippen LogP contribution in [-0.4, -0.2) is 151 Å². The highest BCUT2D eigenvalue weighted by Gasteiger charge is 2.50. The number of amides is 3. The topological polar surface area (TPSA) is 473 Å². The van der Waals surface area contributed by atoms with Gasteiger partial charge < -0.3 is 70.9 Å². The number of nitrogens with one attached hydrogen (secondary N) is 3. The summed E-state index contributed by atoms with van der Waals surface area (Å²) in [4.78, 5) is 115. The minimum atomic E-state index is -5.33. The zero-order chi connectivity index (χ0) is 60.2. The lowest BCUT2D eigenvalue weighted by atomic mass is 10.1. The van der Waals surface area contributed by atoms with Crippen molar-refractivity contribution in [3.05, 3.63) is 75.7 Å². The monoisotopic (exact) mass is 1230 g/mol. The Balaban J connectivity index is 1.15. The molecule has 10 atom stereocenters. The van der Waals surface area contributed by atoms with Gasteiger partial charge in [0, 0.05) is 40.3 Å². The Bertz CT molecular complexity index is 3080. The van der Waals surface area contributed by atoms with Crippen LogP contribution in [0.4, 0.5) is 26.9 Å². The number of rotatable bonds is 26. The number of ether oxygens (including phenoxy) is 5. The van der Waals surface area contributed by atoms with Crippen LogP contribution in [0.5, 0.6) is 0 Å². The van der Waals surface area contributed by atoms with E-state index in [2.05, 4.69) is 50.4 Å². The number of nitrogens with zero attached hydrogens (tertiary/aromatic N) is 9. The van der Waals surface area contributed by atoms with E-state index >= 15 is 0 Å². The second-order valence-corrected chi connectivity index (χ2v) is 26.0. The molecule has 37 heteroatoms. The Morgan fingerprint density at radius 1 is 0.939 bits per heavy atom. The summed E-state index contributed by atoms with van der Waals surface area (Å²) in [5.41, 5.74) is 19.5. The number of alkyl carbamates (subject to hydrolysis) is 2. The molecule has 1 unspecified atom stereocenters. The van der Waals surface area contributed by atoms with E-state index in [4.69, 9.17) is 49.7 Å². The Labute approximate surface area is 475 Å². The third kappa shape index (κ3) is 19.8. The maximum Gasteiger partial charge on any atom is 0.472 e. The van der Waals surface area contributed by atoms with Gasteiger partial charge in [-0.15, -0.1) is 0 Å². The van der Waals surface area contributed by atoms with E-state index < -0.39 is 126 Å². The van der Waals surface area contributed by atoms with Crippen molar-refractivity contribution in [1.82, 2.24) is 45.0 Å². The molecule has 82 heavy (non-hydrogen) atoms. The number of carbonyl (C=O) groups excluding carboxylic acids is 4. The Kier molecular flexibility index (Phi) is 22.5. The van der Waals surface area contributed by atoms with E-state index in [1.165, 1.54) is 44.7 Å². The molecule has 0 spiro atoms. The van der Waals surface area contributed by atoms with E-state index in [1.54, 1.807) is 45.0 Å². The number of aromatic nitrogens is 6. The molecule has 3 aromatic heterocycles. The molecule has 2 aliphatic heterocycles.